The highest BCUT2D eigenvalue weighted by Crippen LogP contribution is 2.25. The van der Waals surface area contributed by atoms with Gasteiger partial charge in [-0.2, -0.15) is 0 Å². The largest absolute Gasteiger partial charge is 0.368 e. The molecular formula is C22H30N4O. The van der Waals surface area contributed by atoms with Crippen molar-refractivity contribution >= 4 is 17.3 Å². The van der Waals surface area contributed by atoms with Crippen LogP contribution in [0.25, 0.3) is 0 Å². The summed E-state index contributed by atoms with van der Waals surface area (Å²) in [6.07, 6.45) is 4.42. The Morgan fingerprint density at radius 3 is 2.56 bits per heavy atom. The number of aromatic nitrogens is 1. The highest BCUT2D eigenvalue weighted by molar-refractivity contribution is 5.94. The topological polar surface area (TPSA) is 48.5 Å². The number of amides is 1. The van der Waals surface area contributed by atoms with Crippen molar-refractivity contribution in [3.05, 3.63) is 53.3 Å². The lowest BCUT2D eigenvalue weighted by Gasteiger charge is -2.38. The third-order valence-electron chi connectivity index (χ3n) is 5.54. The van der Waals surface area contributed by atoms with Crippen LogP contribution in [0.15, 0.2) is 36.7 Å². The normalized spacial score (nSPS) is 15.6. The van der Waals surface area contributed by atoms with E-state index in [4.69, 9.17) is 0 Å². The van der Waals surface area contributed by atoms with Gasteiger partial charge in [0.1, 0.15) is 0 Å². The first-order valence-electron chi connectivity index (χ1n) is 9.81. The summed E-state index contributed by atoms with van der Waals surface area (Å²) in [4.78, 5) is 21.4. The summed E-state index contributed by atoms with van der Waals surface area (Å²) in [5.41, 5.74) is 5.67. The Labute approximate surface area is 162 Å². The maximum Gasteiger partial charge on any atom is 0.253 e. The molecule has 144 valence electrons. The molecule has 1 fully saturated rings. The average molecular weight is 367 g/mol. The lowest BCUT2D eigenvalue weighted by Crippen LogP contribution is -2.47. The van der Waals surface area contributed by atoms with Crippen LogP contribution in [0.1, 0.15) is 41.8 Å². The minimum absolute atomic E-state index is 0.0484. The summed E-state index contributed by atoms with van der Waals surface area (Å²) < 4.78 is 0. The first-order chi connectivity index (χ1) is 13.0. The van der Waals surface area contributed by atoms with Gasteiger partial charge < -0.3 is 15.1 Å². The number of aryl methyl sites for hydroxylation is 1. The van der Waals surface area contributed by atoms with Gasteiger partial charge in [0.05, 0.1) is 17.4 Å². The van der Waals surface area contributed by atoms with Crippen molar-refractivity contribution < 1.29 is 4.79 Å². The molecule has 1 saturated heterocycles. The number of pyridine rings is 1. The van der Waals surface area contributed by atoms with Crippen molar-refractivity contribution in [1.82, 2.24) is 10.3 Å². The number of hydrogen-bond acceptors (Lipinski definition) is 4. The van der Waals surface area contributed by atoms with E-state index in [1.807, 2.05) is 19.2 Å². The Kier molecular flexibility index (Phi) is 5.99. The second-order valence-electron chi connectivity index (χ2n) is 7.41. The third kappa shape index (κ3) is 4.41. The molecule has 0 spiro atoms. The SMILES string of the molecule is CCC(C)NC(=O)c1cncc(N2CCN(c3cccc(C)c3C)CC2)c1. The van der Waals surface area contributed by atoms with Gasteiger partial charge in [-0.1, -0.05) is 19.1 Å². The minimum Gasteiger partial charge on any atom is -0.368 e. The van der Waals surface area contributed by atoms with Crippen LogP contribution in [-0.4, -0.2) is 43.1 Å². The fraction of sp³-hybridized carbons (Fsp3) is 0.455. The van der Waals surface area contributed by atoms with E-state index in [1.54, 1.807) is 6.20 Å². The van der Waals surface area contributed by atoms with Crippen molar-refractivity contribution in [3.63, 3.8) is 0 Å². The number of carbonyl (C=O) groups is 1. The van der Waals surface area contributed by atoms with Gasteiger partial charge in [-0.25, -0.2) is 0 Å². The number of carbonyl (C=O) groups excluding carboxylic acids is 1. The summed E-state index contributed by atoms with van der Waals surface area (Å²) >= 11 is 0. The molecule has 0 radical (unpaired) electrons. The Morgan fingerprint density at radius 2 is 1.85 bits per heavy atom. The van der Waals surface area contributed by atoms with Gasteiger partial charge in [0.25, 0.3) is 5.91 Å². The summed E-state index contributed by atoms with van der Waals surface area (Å²) in [7, 11) is 0. The third-order valence-corrected chi connectivity index (χ3v) is 5.54. The minimum atomic E-state index is -0.0484. The fourth-order valence-electron chi connectivity index (χ4n) is 3.42. The highest BCUT2D eigenvalue weighted by Gasteiger charge is 2.20. The van der Waals surface area contributed by atoms with Crippen molar-refractivity contribution in [3.8, 4) is 0 Å². The van der Waals surface area contributed by atoms with Crippen LogP contribution < -0.4 is 15.1 Å². The van der Waals surface area contributed by atoms with E-state index in [-0.39, 0.29) is 11.9 Å². The molecule has 5 heteroatoms. The van der Waals surface area contributed by atoms with Crippen LogP contribution in [0.3, 0.4) is 0 Å². The number of hydrogen-bond donors (Lipinski definition) is 1. The van der Waals surface area contributed by atoms with E-state index in [9.17, 15) is 4.79 Å². The Morgan fingerprint density at radius 1 is 1.15 bits per heavy atom. The maximum absolute atomic E-state index is 12.4. The van der Waals surface area contributed by atoms with Gasteiger partial charge in [-0.05, 0) is 50.5 Å². The monoisotopic (exact) mass is 366 g/mol. The summed E-state index contributed by atoms with van der Waals surface area (Å²) in [6, 6.07) is 8.63. The van der Waals surface area contributed by atoms with E-state index in [0.717, 1.165) is 38.3 Å². The number of rotatable bonds is 5. The van der Waals surface area contributed by atoms with E-state index in [2.05, 4.69) is 59.1 Å². The zero-order chi connectivity index (χ0) is 19.4. The van der Waals surface area contributed by atoms with Gasteiger partial charge in [-0.3, -0.25) is 9.78 Å². The smallest absolute Gasteiger partial charge is 0.253 e. The van der Waals surface area contributed by atoms with Crippen molar-refractivity contribution in [2.45, 2.75) is 40.2 Å². The van der Waals surface area contributed by atoms with Gasteiger partial charge in [0, 0.05) is 44.1 Å². The highest BCUT2D eigenvalue weighted by atomic mass is 16.1. The van der Waals surface area contributed by atoms with Crippen LogP contribution >= 0.6 is 0 Å². The first-order valence-corrected chi connectivity index (χ1v) is 9.81. The van der Waals surface area contributed by atoms with Crippen LogP contribution in [0.5, 0.6) is 0 Å². The average Bonchev–Trinajstić information content (AvgIpc) is 2.70. The van der Waals surface area contributed by atoms with E-state index < -0.39 is 0 Å². The van der Waals surface area contributed by atoms with Crippen LogP contribution in [-0.2, 0) is 0 Å². The Bertz CT molecular complexity index is 797. The second kappa shape index (κ2) is 8.42. The molecule has 2 heterocycles. The van der Waals surface area contributed by atoms with Gasteiger partial charge >= 0.3 is 0 Å². The second-order valence-corrected chi connectivity index (χ2v) is 7.41. The molecule has 1 amide bonds. The van der Waals surface area contributed by atoms with Crippen LogP contribution in [0.2, 0.25) is 0 Å². The number of anilines is 2. The lowest BCUT2D eigenvalue weighted by molar-refractivity contribution is 0.0939. The van der Waals surface area contributed by atoms with E-state index >= 15 is 0 Å². The molecule has 1 aliphatic heterocycles. The molecule has 0 bridgehead atoms. The zero-order valence-electron chi connectivity index (χ0n) is 16.8. The molecule has 1 aromatic heterocycles. The Hall–Kier alpha value is -2.56. The van der Waals surface area contributed by atoms with Crippen molar-refractivity contribution in [2.24, 2.45) is 0 Å². The summed E-state index contributed by atoms with van der Waals surface area (Å²) in [5.74, 6) is -0.0484. The van der Waals surface area contributed by atoms with Gasteiger partial charge in [0.15, 0.2) is 0 Å². The molecule has 27 heavy (non-hydrogen) atoms. The van der Waals surface area contributed by atoms with Gasteiger partial charge in [0.2, 0.25) is 0 Å². The molecule has 0 aliphatic carbocycles. The maximum atomic E-state index is 12.4. The lowest BCUT2D eigenvalue weighted by atomic mass is 10.1. The Balaban J connectivity index is 1.67. The van der Waals surface area contributed by atoms with Crippen LogP contribution in [0, 0.1) is 13.8 Å². The predicted molar refractivity (Wildman–Crippen MR) is 112 cm³/mol. The molecule has 0 saturated carbocycles. The molecule has 1 unspecified atom stereocenters. The van der Waals surface area contributed by atoms with Crippen molar-refractivity contribution in [2.75, 3.05) is 36.0 Å². The number of nitrogens with zero attached hydrogens (tertiary/aromatic N) is 3. The standard InChI is InChI=1S/C22H30N4O/c1-5-17(3)24-22(27)19-13-20(15-23-14-19)25-9-11-26(12-10-25)21-8-6-7-16(2)18(21)4/h6-8,13-15,17H,5,9-12H2,1-4H3,(H,24,27). The van der Waals surface area contributed by atoms with Crippen LogP contribution in [0.4, 0.5) is 11.4 Å². The number of nitrogens with one attached hydrogen (secondary N) is 1. The van der Waals surface area contributed by atoms with E-state index in [0.29, 0.717) is 5.56 Å². The summed E-state index contributed by atoms with van der Waals surface area (Å²) in [5, 5.41) is 3.01. The summed E-state index contributed by atoms with van der Waals surface area (Å²) in [6.45, 7) is 12.2. The molecular weight excluding hydrogens is 336 g/mol. The van der Waals surface area contributed by atoms with Gasteiger partial charge in [-0.15, -0.1) is 0 Å². The fourth-order valence-corrected chi connectivity index (χ4v) is 3.42. The molecule has 1 aromatic carbocycles. The zero-order valence-corrected chi connectivity index (χ0v) is 16.8. The number of piperazine rings is 1. The number of benzene rings is 1. The molecule has 1 aliphatic rings. The molecule has 1 N–H and O–H groups in total. The first kappa shape index (κ1) is 19.2. The van der Waals surface area contributed by atoms with Crippen molar-refractivity contribution in [1.29, 1.82) is 0 Å². The molecule has 1 atom stereocenters. The molecule has 5 nitrogen and oxygen atoms in total. The molecule has 3 rings (SSSR count). The predicted octanol–water partition coefficient (Wildman–Crippen LogP) is 3.55. The molecule has 2 aromatic rings. The quantitative estimate of drug-likeness (QED) is 0.879. The van der Waals surface area contributed by atoms with E-state index in [1.165, 1.54) is 16.8 Å².